The molecule has 0 aliphatic heterocycles. The van der Waals surface area contributed by atoms with Crippen LogP contribution in [-0.2, 0) is 9.53 Å². The number of aromatic nitrogens is 1. The summed E-state index contributed by atoms with van der Waals surface area (Å²) in [6, 6.07) is 1.43. The van der Waals surface area contributed by atoms with E-state index in [4.69, 9.17) is 23.2 Å². The van der Waals surface area contributed by atoms with Gasteiger partial charge in [0.05, 0.1) is 18.6 Å². The number of carbonyl (C=O) groups excluding carboxylic acids is 2. The van der Waals surface area contributed by atoms with Crippen molar-refractivity contribution in [3.63, 3.8) is 0 Å². The van der Waals surface area contributed by atoms with Gasteiger partial charge in [-0.15, -0.1) is 0 Å². The minimum atomic E-state index is -0.429. The van der Waals surface area contributed by atoms with E-state index in [2.05, 4.69) is 9.72 Å². The highest BCUT2D eigenvalue weighted by molar-refractivity contribution is 6.41. The van der Waals surface area contributed by atoms with Crippen LogP contribution in [0.2, 0.25) is 10.2 Å². The molecule has 0 saturated carbocycles. The maximum atomic E-state index is 11.6. The van der Waals surface area contributed by atoms with Crippen molar-refractivity contribution in [2.24, 2.45) is 0 Å². The van der Waals surface area contributed by atoms with Gasteiger partial charge in [-0.1, -0.05) is 23.2 Å². The van der Waals surface area contributed by atoms with E-state index in [1.54, 1.807) is 0 Å². The molecule has 0 spiro atoms. The van der Waals surface area contributed by atoms with Gasteiger partial charge in [-0.2, -0.15) is 0 Å². The number of rotatable bonds is 4. The highest BCUT2D eigenvalue weighted by atomic mass is 35.5. The zero-order valence-corrected chi connectivity index (χ0v) is 10.0. The second kappa shape index (κ2) is 5.82. The predicted molar refractivity (Wildman–Crippen MR) is 59.8 cm³/mol. The summed E-state index contributed by atoms with van der Waals surface area (Å²) < 4.78 is 4.43. The molecule has 0 N–H and O–H groups in total. The van der Waals surface area contributed by atoms with E-state index < -0.39 is 5.97 Å². The molecule has 6 heteroatoms. The first-order valence-corrected chi connectivity index (χ1v) is 5.21. The predicted octanol–water partition coefficient (Wildman–Crippen LogP) is 2.52. The monoisotopic (exact) mass is 261 g/mol. The lowest BCUT2D eigenvalue weighted by Gasteiger charge is -2.01. The van der Waals surface area contributed by atoms with Gasteiger partial charge in [0.2, 0.25) is 0 Å². The summed E-state index contributed by atoms with van der Waals surface area (Å²) in [5.74, 6) is -0.655. The van der Waals surface area contributed by atoms with Gasteiger partial charge < -0.3 is 4.74 Å². The minimum Gasteiger partial charge on any atom is -0.469 e. The van der Waals surface area contributed by atoms with Gasteiger partial charge in [0.15, 0.2) is 5.78 Å². The van der Waals surface area contributed by atoms with Crippen molar-refractivity contribution in [2.75, 3.05) is 7.11 Å². The molecule has 0 bridgehead atoms. The number of ether oxygens (including phenoxy) is 1. The lowest BCUT2D eigenvalue weighted by atomic mass is 10.1. The van der Waals surface area contributed by atoms with Crippen molar-refractivity contribution in [1.29, 1.82) is 0 Å². The molecule has 0 unspecified atom stereocenters. The van der Waals surface area contributed by atoms with Crippen molar-refractivity contribution in [1.82, 2.24) is 4.98 Å². The molecule has 0 amide bonds. The molecule has 0 atom stereocenters. The van der Waals surface area contributed by atoms with Crippen LogP contribution < -0.4 is 0 Å². The molecular formula is C10H9Cl2NO3. The molecule has 1 aromatic rings. The van der Waals surface area contributed by atoms with Crippen LogP contribution in [-0.4, -0.2) is 23.8 Å². The first kappa shape index (κ1) is 12.9. The number of hydrogen-bond donors (Lipinski definition) is 0. The summed E-state index contributed by atoms with van der Waals surface area (Å²) in [6.07, 6.45) is 1.43. The fourth-order valence-corrected chi connectivity index (χ4v) is 1.31. The van der Waals surface area contributed by atoms with Gasteiger partial charge in [-0.05, 0) is 6.07 Å². The lowest BCUT2D eigenvalue weighted by molar-refractivity contribution is -0.140. The van der Waals surface area contributed by atoms with Crippen LogP contribution in [0.1, 0.15) is 23.2 Å². The summed E-state index contributed by atoms with van der Waals surface area (Å²) in [7, 11) is 1.27. The van der Waals surface area contributed by atoms with Crippen molar-refractivity contribution < 1.29 is 14.3 Å². The summed E-state index contributed by atoms with van der Waals surface area (Å²) >= 11 is 11.3. The van der Waals surface area contributed by atoms with Gasteiger partial charge in [0.1, 0.15) is 5.15 Å². The molecule has 0 fully saturated rings. The Morgan fingerprint density at radius 1 is 1.38 bits per heavy atom. The summed E-state index contributed by atoms with van der Waals surface area (Å²) in [5, 5.41) is 0.358. The van der Waals surface area contributed by atoms with Gasteiger partial charge in [0.25, 0.3) is 0 Å². The van der Waals surface area contributed by atoms with E-state index in [9.17, 15) is 9.59 Å². The van der Waals surface area contributed by atoms with E-state index in [-0.39, 0.29) is 28.8 Å². The number of esters is 1. The van der Waals surface area contributed by atoms with Crippen LogP contribution in [0, 0.1) is 0 Å². The van der Waals surface area contributed by atoms with E-state index in [0.29, 0.717) is 5.56 Å². The Hall–Kier alpha value is -1.13. The first-order chi connectivity index (χ1) is 7.54. The zero-order valence-electron chi connectivity index (χ0n) is 8.50. The Morgan fingerprint density at radius 3 is 2.62 bits per heavy atom. The smallest absolute Gasteiger partial charge is 0.305 e. The summed E-state index contributed by atoms with van der Waals surface area (Å²) in [6.45, 7) is 0. The highest BCUT2D eigenvalue weighted by Gasteiger charge is 2.11. The van der Waals surface area contributed by atoms with E-state index in [1.807, 2.05) is 0 Å². The van der Waals surface area contributed by atoms with Crippen LogP contribution in [0.5, 0.6) is 0 Å². The number of halogens is 2. The molecule has 0 saturated heterocycles. The maximum Gasteiger partial charge on any atom is 0.305 e. The van der Waals surface area contributed by atoms with Crippen LogP contribution in [0.4, 0.5) is 0 Å². The Bertz CT molecular complexity index is 421. The Kier molecular flexibility index (Phi) is 4.71. The van der Waals surface area contributed by atoms with Gasteiger partial charge in [0, 0.05) is 18.2 Å². The van der Waals surface area contributed by atoms with Crippen molar-refractivity contribution >= 4 is 35.0 Å². The van der Waals surface area contributed by atoms with Gasteiger partial charge >= 0.3 is 5.97 Å². The van der Waals surface area contributed by atoms with Crippen LogP contribution in [0.25, 0.3) is 0 Å². The highest BCUT2D eigenvalue weighted by Crippen LogP contribution is 2.20. The molecule has 1 aromatic heterocycles. The maximum absolute atomic E-state index is 11.6. The molecule has 86 valence electrons. The number of Topliss-reactive ketones (excluding diaryl/α,β-unsaturated/α-hetero) is 1. The molecule has 0 aliphatic rings. The molecule has 4 nitrogen and oxygen atoms in total. The Balaban J connectivity index is 2.66. The van der Waals surface area contributed by atoms with Crippen LogP contribution in [0.3, 0.4) is 0 Å². The average molecular weight is 262 g/mol. The summed E-state index contributed by atoms with van der Waals surface area (Å²) in [4.78, 5) is 26.2. The standard InChI is InChI=1S/C10H9Cl2NO3/c1-16-9(15)3-2-8(14)6-4-7(11)10(12)13-5-6/h4-5H,2-3H2,1H3. The second-order valence-corrected chi connectivity index (χ2v) is 3.76. The number of nitrogens with zero attached hydrogens (tertiary/aromatic N) is 1. The fraction of sp³-hybridized carbons (Fsp3) is 0.300. The van der Waals surface area contributed by atoms with Crippen molar-refractivity contribution in [3.05, 3.63) is 28.0 Å². The average Bonchev–Trinajstić information content (AvgIpc) is 2.29. The zero-order chi connectivity index (χ0) is 12.1. The number of carbonyl (C=O) groups is 2. The molecule has 1 rings (SSSR count). The van der Waals surface area contributed by atoms with Gasteiger partial charge in [-0.3, -0.25) is 9.59 Å². The molecule has 1 heterocycles. The van der Waals surface area contributed by atoms with Crippen LogP contribution >= 0.6 is 23.2 Å². The molecular weight excluding hydrogens is 253 g/mol. The molecule has 0 radical (unpaired) electrons. The van der Waals surface area contributed by atoms with Gasteiger partial charge in [-0.25, -0.2) is 4.98 Å². The van der Waals surface area contributed by atoms with E-state index >= 15 is 0 Å². The third-order valence-electron chi connectivity index (χ3n) is 1.90. The minimum absolute atomic E-state index is 0.0373. The first-order valence-electron chi connectivity index (χ1n) is 4.45. The number of ketones is 1. The number of pyridine rings is 1. The number of methoxy groups -OCH3 is 1. The van der Waals surface area contributed by atoms with E-state index in [1.165, 1.54) is 19.4 Å². The third kappa shape index (κ3) is 3.47. The van der Waals surface area contributed by atoms with Crippen molar-refractivity contribution in [3.8, 4) is 0 Å². The van der Waals surface area contributed by atoms with Crippen molar-refractivity contribution in [2.45, 2.75) is 12.8 Å². The van der Waals surface area contributed by atoms with E-state index in [0.717, 1.165) is 0 Å². The molecule has 16 heavy (non-hydrogen) atoms. The topological polar surface area (TPSA) is 56.3 Å². The second-order valence-electron chi connectivity index (χ2n) is 3.00. The SMILES string of the molecule is COC(=O)CCC(=O)c1cnc(Cl)c(Cl)c1. The Morgan fingerprint density at radius 2 is 2.06 bits per heavy atom. The quantitative estimate of drug-likeness (QED) is 0.475. The summed E-state index contributed by atoms with van der Waals surface area (Å²) in [5.41, 5.74) is 0.332. The largest absolute Gasteiger partial charge is 0.469 e. The fourth-order valence-electron chi connectivity index (χ4n) is 1.04. The lowest BCUT2D eigenvalue weighted by Crippen LogP contribution is -2.06. The normalized spacial score (nSPS) is 9.94. The van der Waals surface area contributed by atoms with Crippen LogP contribution in [0.15, 0.2) is 12.3 Å². The molecule has 0 aromatic carbocycles. The molecule has 0 aliphatic carbocycles. The Labute approximate surface area is 103 Å². The third-order valence-corrected chi connectivity index (χ3v) is 2.59. The number of hydrogen-bond acceptors (Lipinski definition) is 4.